The maximum absolute atomic E-state index is 14.1. The maximum atomic E-state index is 14.1. The van der Waals surface area contributed by atoms with Crippen molar-refractivity contribution in [3.05, 3.63) is 29.6 Å². The van der Waals surface area contributed by atoms with E-state index in [0.717, 1.165) is 11.3 Å². The predicted molar refractivity (Wildman–Crippen MR) is 74.4 cm³/mol. The van der Waals surface area contributed by atoms with Gasteiger partial charge in [-0.3, -0.25) is 0 Å². The lowest BCUT2D eigenvalue weighted by atomic mass is 9.93. The molecular weight excluding hydrogens is 227 g/mol. The fourth-order valence-electron chi connectivity index (χ4n) is 2.94. The summed E-state index contributed by atoms with van der Waals surface area (Å²) >= 11 is 0. The summed E-state index contributed by atoms with van der Waals surface area (Å²) in [6, 6.07) is 5.86. The van der Waals surface area contributed by atoms with Gasteiger partial charge in [-0.15, -0.1) is 0 Å². The fourth-order valence-corrected chi connectivity index (χ4v) is 2.94. The summed E-state index contributed by atoms with van der Waals surface area (Å²) in [5.41, 5.74) is 1.82. The van der Waals surface area contributed by atoms with Crippen LogP contribution in [0.15, 0.2) is 18.2 Å². The number of anilines is 1. The molecule has 18 heavy (non-hydrogen) atoms. The molecule has 0 amide bonds. The van der Waals surface area contributed by atoms with E-state index >= 15 is 0 Å². The van der Waals surface area contributed by atoms with Gasteiger partial charge < -0.3 is 10.2 Å². The van der Waals surface area contributed by atoms with E-state index in [-0.39, 0.29) is 5.82 Å². The van der Waals surface area contributed by atoms with Gasteiger partial charge in [-0.25, -0.2) is 4.39 Å². The van der Waals surface area contributed by atoms with Crippen molar-refractivity contribution in [3.8, 4) is 0 Å². The van der Waals surface area contributed by atoms with E-state index in [9.17, 15) is 4.39 Å². The summed E-state index contributed by atoms with van der Waals surface area (Å²) in [6.45, 7) is 0.712. The molecule has 0 heterocycles. The van der Waals surface area contributed by atoms with Gasteiger partial charge in [0.2, 0.25) is 0 Å². The topological polar surface area (TPSA) is 15.3 Å². The molecule has 100 valence electrons. The number of benzene rings is 1. The molecule has 3 heteroatoms. The first-order valence-electron chi connectivity index (χ1n) is 6.89. The van der Waals surface area contributed by atoms with Gasteiger partial charge in [0, 0.05) is 19.6 Å². The van der Waals surface area contributed by atoms with Gasteiger partial charge in [0.05, 0.1) is 5.69 Å². The number of halogens is 1. The molecule has 0 aliphatic heterocycles. The van der Waals surface area contributed by atoms with Crippen LogP contribution in [0.5, 0.6) is 0 Å². The molecular formula is C15H23FN2. The van der Waals surface area contributed by atoms with Crippen LogP contribution >= 0.6 is 0 Å². The zero-order valence-corrected chi connectivity index (χ0v) is 11.4. The summed E-state index contributed by atoms with van der Waals surface area (Å²) < 4.78 is 14.1. The predicted octanol–water partition coefficient (Wildman–Crippen LogP) is 3.31. The molecule has 1 saturated carbocycles. The number of hydrogen-bond donors (Lipinski definition) is 1. The molecule has 2 nitrogen and oxygen atoms in total. The number of rotatable bonds is 4. The first-order chi connectivity index (χ1) is 8.74. The molecule has 1 aromatic rings. The Morgan fingerprint density at radius 3 is 2.67 bits per heavy atom. The number of nitrogens with zero attached hydrogens (tertiary/aromatic N) is 1. The molecule has 0 bridgehead atoms. The van der Waals surface area contributed by atoms with E-state index in [4.69, 9.17) is 0 Å². The highest BCUT2D eigenvalue weighted by atomic mass is 19.1. The minimum absolute atomic E-state index is 0.101. The van der Waals surface area contributed by atoms with Crippen molar-refractivity contribution in [2.45, 2.75) is 44.7 Å². The van der Waals surface area contributed by atoms with Gasteiger partial charge in [-0.1, -0.05) is 31.4 Å². The van der Waals surface area contributed by atoms with Gasteiger partial charge in [-0.2, -0.15) is 0 Å². The average Bonchev–Trinajstić information content (AvgIpc) is 2.40. The highest BCUT2D eigenvalue weighted by Crippen LogP contribution is 2.30. The van der Waals surface area contributed by atoms with E-state index < -0.39 is 0 Å². The molecule has 0 aromatic heterocycles. The molecule has 0 spiro atoms. The second-order valence-electron chi connectivity index (χ2n) is 5.18. The van der Waals surface area contributed by atoms with Crippen LogP contribution in [0.3, 0.4) is 0 Å². The molecule has 0 saturated heterocycles. The number of para-hydroxylation sites is 1. The maximum Gasteiger partial charge on any atom is 0.146 e. The van der Waals surface area contributed by atoms with Crippen molar-refractivity contribution < 1.29 is 4.39 Å². The van der Waals surface area contributed by atoms with E-state index in [1.165, 1.54) is 32.1 Å². The Labute approximate surface area is 109 Å². The average molecular weight is 250 g/mol. The molecule has 0 radical (unpaired) electrons. The van der Waals surface area contributed by atoms with Gasteiger partial charge >= 0.3 is 0 Å². The third-order valence-electron chi connectivity index (χ3n) is 3.91. The summed E-state index contributed by atoms with van der Waals surface area (Å²) in [5.74, 6) is -0.101. The minimum atomic E-state index is -0.101. The third kappa shape index (κ3) is 2.83. The van der Waals surface area contributed by atoms with Crippen molar-refractivity contribution in [1.82, 2.24) is 5.32 Å². The van der Waals surface area contributed by atoms with Crippen LogP contribution in [0, 0.1) is 5.82 Å². The molecule has 1 aliphatic rings. The Bertz CT molecular complexity index is 386. The van der Waals surface area contributed by atoms with E-state index in [1.54, 1.807) is 12.1 Å². The Hall–Kier alpha value is -1.09. The summed E-state index contributed by atoms with van der Waals surface area (Å²) in [5, 5.41) is 3.12. The van der Waals surface area contributed by atoms with E-state index in [2.05, 4.69) is 10.2 Å². The van der Waals surface area contributed by atoms with Crippen molar-refractivity contribution in [2.24, 2.45) is 0 Å². The monoisotopic (exact) mass is 250 g/mol. The molecule has 1 aliphatic carbocycles. The molecule has 0 atom stereocenters. The Balaban J connectivity index is 2.24. The lowest BCUT2D eigenvalue weighted by molar-refractivity contribution is 0.423. The molecule has 1 aromatic carbocycles. The van der Waals surface area contributed by atoms with Crippen molar-refractivity contribution in [2.75, 3.05) is 19.0 Å². The van der Waals surface area contributed by atoms with Crippen LogP contribution < -0.4 is 10.2 Å². The standard InChI is InChI=1S/C15H23FN2/c1-17-11-12-7-6-10-14(16)15(12)18(2)13-8-4-3-5-9-13/h6-7,10,13,17H,3-5,8-9,11H2,1-2H3. The Morgan fingerprint density at radius 1 is 1.28 bits per heavy atom. The highest BCUT2D eigenvalue weighted by Gasteiger charge is 2.22. The second kappa shape index (κ2) is 6.19. The van der Waals surface area contributed by atoms with E-state index in [1.807, 2.05) is 20.2 Å². The Morgan fingerprint density at radius 2 is 2.00 bits per heavy atom. The molecule has 1 N–H and O–H groups in total. The van der Waals surface area contributed by atoms with Crippen LogP contribution in [0.1, 0.15) is 37.7 Å². The quantitative estimate of drug-likeness (QED) is 0.882. The summed E-state index contributed by atoms with van der Waals surface area (Å²) in [4.78, 5) is 2.15. The van der Waals surface area contributed by atoms with Crippen molar-refractivity contribution >= 4 is 5.69 Å². The summed E-state index contributed by atoms with van der Waals surface area (Å²) in [7, 11) is 3.93. The van der Waals surface area contributed by atoms with Crippen LogP contribution in [-0.2, 0) is 6.54 Å². The Kier molecular flexibility index (Phi) is 4.59. The van der Waals surface area contributed by atoms with Crippen LogP contribution in [-0.4, -0.2) is 20.1 Å². The SMILES string of the molecule is CNCc1cccc(F)c1N(C)C1CCCCC1. The number of hydrogen-bond acceptors (Lipinski definition) is 2. The molecule has 2 rings (SSSR count). The van der Waals surface area contributed by atoms with Crippen molar-refractivity contribution in [1.29, 1.82) is 0 Å². The molecule has 0 unspecified atom stereocenters. The smallest absolute Gasteiger partial charge is 0.146 e. The number of nitrogens with one attached hydrogen (secondary N) is 1. The largest absolute Gasteiger partial charge is 0.369 e. The highest BCUT2D eigenvalue weighted by molar-refractivity contribution is 5.55. The normalized spacial score (nSPS) is 16.8. The van der Waals surface area contributed by atoms with Crippen molar-refractivity contribution in [3.63, 3.8) is 0 Å². The van der Waals surface area contributed by atoms with Gasteiger partial charge in [-0.05, 0) is 31.5 Å². The second-order valence-corrected chi connectivity index (χ2v) is 5.18. The zero-order chi connectivity index (χ0) is 13.0. The third-order valence-corrected chi connectivity index (χ3v) is 3.91. The van der Waals surface area contributed by atoms with Gasteiger partial charge in [0.1, 0.15) is 5.82 Å². The minimum Gasteiger partial charge on any atom is -0.369 e. The van der Waals surface area contributed by atoms with Gasteiger partial charge in [0.25, 0.3) is 0 Å². The van der Waals surface area contributed by atoms with Crippen LogP contribution in [0.25, 0.3) is 0 Å². The lowest BCUT2D eigenvalue weighted by Crippen LogP contribution is -2.35. The first kappa shape index (κ1) is 13.3. The molecule has 1 fully saturated rings. The van der Waals surface area contributed by atoms with Gasteiger partial charge in [0.15, 0.2) is 0 Å². The lowest BCUT2D eigenvalue weighted by Gasteiger charge is -2.34. The zero-order valence-electron chi connectivity index (χ0n) is 11.4. The summed E-state index contributed by atoms with van der Waals surface area (Å²) in [6.07, 6.45) is 6.23. The van der Waals surface area contributed by atoms with Crippen LogP contribution in [0.4, 0.5) is 10.1 Å². The van der Waals surface area contributed by atoms with Crippen LogP contribution in [0.2, 0.25) is 0 Å². The fraction of sp³-hybridized carbons (Fsp3) is 0.600. The van der Waals surface area contributed by atoms with E-state index in [0.29, 0.717) is 12.6 Å². The first-order valence-corrected chi connectivity index (χ1v) is 6.89.